The van der Waals surface area contributed by atoms with E-state index in [-0.39, 0.29) is 0 Å². The molecule has 2 rings (SSSR count). The molecule has 0 saturated carbocycles. The Balaban J connectivity index is 2.65. The van der Waals surface area contributed by atoms with E-state index in [9.17, 15) is 0 Å². The number of ether oxygens (including phenoxy) is 2. The molecule has 0 aliphatic rings. The molecule has 0 aliphatic carbocycles. The summed E-state index contributed by atoms with van der Waals surface area (Å²) in [6.45, 7) is 0. The van der Waals surface area contributed by atoms with Crippen LogP contribution in [0.2, 0.25) is 0 Å². The Bertz CT molecular complexity index is 600. The van der Waals surface area contributed by atoms with E-state index in [0.717, 1.165) is 22.6 Å². The second-order valence-electron chi connectivity index (χ2n) is 3.73. The lowest BCUT2D eigenvalue weighted by molar-refractivity contribution is 0.410. The number of nitrogens with zero attached hydrogens (tertiary/aromatic N) is 1. The van der Waals surface area contributed by atoms with Crippen molar-refractivity contribution in [1.29, 1.82) is 5.26 Å². The van der Waals surface area contributed by atoms with E-state index in [1.807, 2.05) is 24.3 Å². The molecule has 0 saturated heterocycles. The standard InChI is InChI=1S/C15H13NO2/c1-17-14-6-4-3-5-12(14)13-9-11(10-16)7-8-15(13)18-2/h3-9H,1-2H3. The van der Waals surface area contributed by atoms with Gasteiger partial charge in [0.25, 0.3) is 0 Å². The Morgan fingerprint density at radius 1 is 0.889 bits per heavy atom. The van der Waals surface area contributed by atoms with Crippen LogP contribution in [0.3, 0.4) is 0 Å². The van der Waals surface area contributed by atoms with Crippen LogP contribution in [0.4, 0.5) is 0 Å². The van der Waals surface area contributed by atoms with Crippen molar-refractivity contribution in [3.8, 4) is 28.7 Å². The highest BCUT2D eigenvalue weighted by Gasteiger charge is 2.11. The average molecular weight is 239 g/mol. The molecular formula is C15H13NO2. The fourth-order valence-corrected chi connectivity index (χ4v) is 1.86. The first kappa shape index (κ1) is 12.0. The zero-order valence-electron chi connectivity index (χ0n) is 10.3. The van der Waals surface area contributed by atoms with Crippen molar-refractivity contribution < 1.29 is 9.47 Å². The molecule has 0 bridgehead atoms. The Kier molecular flexibility index (Phi) is 3.49. The molecule has 0 spiro atoms. The molecule has 3 nitrogen and oxygen atoms in total. The molecule has 0 heterocycles. The summed E-state index contributed by atoms with van der Waals surface area (Å²) in [4.78, 5) is 0. The first-order valence-electron chi connectivity index (χ1n) is 5.51. The molecule has 18 heavy (non-hydrogen) atoms. The number of benzene rings is 2. The fraction of sp³-hybridized carbons (Fsp3) is 0.133. The topological polar surface area (TPSA) is 42.2 Å². The van der Waals surface area contributed by atoms with Crippen molar-refractivity contribution in [2.24, 2.45) is 0 Å². The summed E-state index contributed by atoms with van der Waals surface area (Å²) < 4.78 is 10.7. The number of hydrogen-bond donors (Lipinski definition) is 0. The Morgan fingerprint density at radius 2 is 1.56 bits per heavy atom. The van der Waals surface area contributed by atoms with Crippen LogP contribution in [0.25, 0.3) is 11.1 Å². The average Bonchev–Trinajstić information content (AvgIpc) is 2.46. The largest absolute Gasteiger partial charge is 0.496 e. The summed E-state index contributed by atoms with van der Waals surface area (Å²) in [5.41, 5.74) is 2.36. The van der Waals surface area contributed by atoms with Gasteiger partial charge in [-0.25, -0.2) is 0 Å². The Labute approximate surface area is 106 Å². The van der Waals surface area contributed by atoms with Crippen LogP contribution >= 0.6 is 0 Å². The van der Waals surface area contributed by atoms with E-state index in [4.69, 9.17) is 14.7 Å². The number of rotatable bonds is 3. The van der Waals surface area contributed by atoms with Gasteiger partial charge in [0.15, 0.2) is 0 Å². The van der Waals surface area contributed by atoms with Crippen molar-refractivity contribution in [3.05, 3.63) is 48.0 Å². The van der Waals surface area contributed by atoms with Crippen LogP contribution in [0.15, 0.2) is 42.5 Å². The van der Waals surface area contributed by atoms with Crippen LogP contribution < -0.4 is 9.47 Å². The van der Waals surface area contributed by atoms with E-state index >= 15 is 0 Å². The van der Waals surface area contributed by atoms with Gasteiger partial charge in [0.05, 0.1) is 25.9 Å². The SMILES string of the molecule is COc1ccccc1-c1cc(C#N)ccc1OC. The Hall–Kier alpha value is -2.47. The van der Waals surface area contributed by atoms with Crippen LogP contribution in [0.1, 0.15) is 5.56 Å². The van der Waals surface area contributed by atoms with E-state index in [1.54, 1.807) is 32.4 Å². The van der Waals surface area contributed by atoms with Gasteiger partial charge < -0.3 is 9.47 Å². The maximum absolute atomic E-state index is 8.98. The molecule has 0 aliphatic heterocycles. The molecule has 0 N–H and O–H groups in total. The maximum atomic E-state index is 8.98. The van der Waals surface area contributed by atoms with Gasteiger partial charge in [0, 0.05) is 11.1 Å². The maximum Gasteiger partial charge on any atom is 0.126 e. The monoisotopic (exact) mass is 239 g/mol. The second kappa shape index (κ2) is 5.24. The molecule has 2 aromatic rings. The highest BCUT2D eigenvalue weighted by atomic mass is 16.5. The normalized spacial score (nSPS) is 9.61. The zero-order valence-corrected chi connectivity index (χ0v) is 10.3. The van der Waals surface area contributed by atoms with Gasteiger partial charge in [0.2, 0.25) is 0 Å². The van der Waals surface area contributed by atoms with Crippen LogP contribution in [-0.4, -0.2) is 14.2 Å². The van der Waals surface area contributed by atoms with Crippen molar-refractivity contribution in [2.45, 2.75) is 0 Å². The van der Waals surface area contributed by atoms with Gasteiger partial charge >= 0.3 is 0 Å². The summed E-state index contributed by atoms with van der Waals surface area (Å²) in [6, 6.07) is 15.1. The second-order valence-corrected chi connectivity index (χ2v) is 3.73. The molecule has 0 fully saturated rings. The van der Waals surface area contributed by atoms with Crippen molar-refractivity contribution >= 4 is 0 Å². The van der Waals surface area contributed by atoms with Crippen molar-refractivity contribution in [2.75, 3.05) is 14.2 Å². The van der Waals surface area contributed by atoms with Crippen LogP contribution in [0, 0.1) is 11.3 Å². The van der Waals surface area contributed by atoms with E-state index in [1.165, 1.54) is 0 Å². The van der Waals surface area contributed by atoms with Gasteiger partial charge in [-0.2, -0.15) is 5.26 Å². The number of hydrogen-bond acceptors (Lipinski definition) is 3. The van der Waals surface area contributed by atoms with Gasteiger partial charge in [-0.3, -0.25) is 0 Å². The minimum absolute atomic E-state index is 0.594. The lowest BCUT2D eigenvalue weighted by Gasteiger charge is -2.12. The summed E-state index contributed by atoms with van der Waals surface area (Å²) in [5.74, 6) is 1.48. The molecule has 0 unspecified atom stereocenters. The van der Waals surface area contributed by atoms with Gasteiger partial charge in [-0.15, -0.1) is 0 Å². The highest BCUT2D eigenvalue weighted by molar-refractivity contribution is 5.77. The lowest BCUT2D eigenvalue weighted by atomic mass is 10.0. The summed E-state index contributed by atoms with van der Waals surface area (Å²) >= 11 is 0. The molecule has 0 radical (unpaired) electrons. The van der Waals surface area contributed by atoms with Crippen LogP contribution in [-0.2, 0) is 0 Å². The first-order chi connectivity index (χ1) is 8.80. The molecular weight excluding hydrogens is 226 g/mol. The van der Waals surface area contributed by atoms with E-state index in [0.29, 0.717) is 5.56 Å². The third kappa shape index (κ3) is 2.14. The fourth-order valence-electron chi connectivity index (χ4n) is 1.86. The van der Waals surface area contributed by atoms with Crippen molar-refractivity contribution in [1.82, 2.24) is 0 Å². The smallest absolute Gasteiger partial charge is 0.126 e. The van der Waals surface area contributed by atoms with Crippen LogP contribution in [0.5, 0.6) is 11.5 Å². The quantitative estimate of drug-likeness (QED) is 0.825. The van der Waals surface area contributed by atoms with E-state index in [2.05, 4.69) is 6.07 Å². The zero-order chi connectivity index (χ0) is 13.0. The predicted octanol–water partition coefficient (Wildman–Crippen LogP) is 3.24. The molecule has 90 valence electrons. The minimum atomic E-state index is 0.594. The van der Waals surface area contributed by atoms with Gasteiger partial charge in [-0.1, -0.05) is 18.2 Å². The van der Waals surface area contributed by atoms with E-state index < -0.39 is 0 Å². The lowest BCUT2D eigenvalue weighted by Crippen LogP contribution is -1.92. The number of para-hydroxylation sites is 1. The summed E-state index contributed by atoms with van der Waals surface area (Å²) in [6.07, 6.45) is 0. The molecule has 0 atom stereocenters. The summed E-state index contributed by atoms with van der Waals surface area (Å²) in [7, 11) is 3.24. The highest BCUT2D eigenvalue weighted by Crippen LogP contribution is 2.36. The third-order valence-corrected chi connectivity index (χ3v) is 2.73. The minimum Gasteiger partial charge on any atom is -0.496 e. The molecule has 0 amide bonds. The third-order valence-electron chi connectivity index (χ3n) is 2.73. The first-order valence-corrected chi connectivity index (χ1v) is 5.51. The molecule has 0 aromatic heterocycles. The summed E-state index contributed by atoms with van der Waals surface area (Å²) in [5, 5.41) is 8.98. The van der Waals surface area contributed by atoms with Gasteiger partial charge in [-0.05, 0) is 24.3 Å². The van der Waals surface area contributed by atoms with Crippen molar-refractivity contribution in [3.63, 3.8) is 0 Å². The molecule has 2 aromatic carbocycles. The number of nitriles is 1. The number of methoxy groups -OCH3 is 2. The molecule has 3 heteroatoms. The van der Waals surface area contributed by atoms with Gasteiger partial charge in [0.1, 0.15) is 11.5 Å². The Morgan fingerprint density at radius 3 is 2.22 bits per heavy atom. The predicted molar refractivity (Wildman–Crippen MR) is 69.7 cm³/mol.